The highest BCUT2D eigenvalue weighted by atomic mass is 32.2. The number of benzene rings is 1. The number of imidazole rings is 1. The summed E-state index contributed by atoms with van der Waals surface area (Å²) in [5.74, 6) is 0.441. The van der Waals surface area contributed by atoms with E-state index in [0.29, 0.717) is 17.2 Å². The molecule has 4 aromatic rings. The van der Waals surface area contributed by atoms with Crippen molar-refractivity contribution >= 4 is 20.9 Å². The van der Waals surface area contributed by atoms with Crippen molar-refractivity contribution in [3.63, 3.8) is 0 Å². The van der Waals surface area contributed by atoms with Gasteiger partial charge in [0.25, 0.3) is 5.95 Å². The SMILES string of the molecule is Cn1nnnc1-n1c(OCc2cccc(S(C)(=O)=O)n2)nc2ccccc21. The molecule has 3 aromatic heterocycles. The van der Waals surface area contributed by atoms with Crippen LogP contribution in [0, 0.1) is 0 Å². The fourth-order valence-electron chi connectivity index (χ4n) is 2.59. The lowest BCUT2D eigenvalue weighted by molar-refractivity contribution is 0.271. The molecule has 27 heavy (non-hydrogen) atoms. The summed E-state index contributed by atoms with van der Waals surface area (Å²) in [5.41, 5.74) is 1.96. The maximum atomic E-state index is 11.7. The van der Waals surface area contributed by atoms with E-state index in [2.05, 4.69) is 25.5 Å². The number of aryl methyl sites for hydroxylation is 1. The molecule has 0 fully saturated rings. The quantitative estimate of drug-likeness (QED) is 0.498. The first kappa shape index (κ1) is 17.1. The van der Waals surface area contributed by atoms with E-state index in [1.165, 1.54) is 10.7 Å². The van der Waals surface area contributed by atoms with Gasteiger partial charge in [-0.25, -0.2) is 22.7 Å². The van der Waals surface area contributed by atoms with Gasteiger partial charge in [-0.15, -0.1) is 0 Å². The summed E-state index contributed by atoms with van der Waals surface area (Å²) in [7, 11) is -1.68. The van der Waals surface area contributed by atoms with Gasteiger partial charge in [0, 0.05) is 13.3 Å². The minimum absolute atomic E-state index is 0.00500. The van der Waals surface area contributed by atoms with Gasteiger partial charge in [0.15, 0.2) is 14.9 Å². The largest absolute Gasteiger partial charge is 0.458 e. The number of ether oxygens (including phenoxy) is 1. The van der Waals surface area contributed by atoms with Crippen molar-refractivity contribution in [2.24, 2.45) is 7.05 Å². The molecule has 0 aliphatic carbocycles. The van der Waals surface area contributed by atoms with Crippen molar-refractivity contribution in [2.75, 3.05) is 6.26 Å². The molecule has 0 bridgehead atoms. The molecule has 0 radical (unpaired) electrons. The third-order valence-corrected chi connectivity index (χ3v) is 4.83. The second-order valence-corrected chi connectivity index (χ2v) is 7.81. The van der Waals surface area contributed by atoms with E-state index in [0.717, 1.165) is 11.8 Å². The van der Waals surface area contributed by atoms with E-state index in [4.69, 9.17) is 4.74 Å². The zero-order chi connectivity index (χ0) is 19.0. The van der Waals surface area contributed by atoms with Crippen LogP contribution in [0.2, 0.25) is 0 Å². The van der Waals surface area contributed by atoms with Crippen LogP contribution in [0.3, 0.4) is 0 Å². The maximum absolute atomic E-state index is 11.7. The van der Waals surface area contributed by atoms with Crippen LogP contribution < -0.4 is 4.74 Å². The molecule has 0 aliphatic heterocycles. The summed E-state index contributed by atoms with van der Waals surface area (Å²) in [5, 5.41) is 11.5. The summed E-state index contributed by atoms with van der Waals surface area (Å²) < 4.78 is 32.4. The van der Waals surface area contributed by atoms with E-state index >= 15 is 0 Å². The summed E-state index contributed by atoms with van der Waals surface area (Å²) in [6.45, 7) is 0.0396. The highest BCUT2D eigenvalue weighted by Crippen LogP contribution is 2.25. The van der Waals surface area contributed by atoms with Crippen LogP contribution in [0.5, 0.6) is 6.01 Å². The van der Waals surface area contributed by atoms with Crippen LogP contribution in [0.4, 0.5) is 0 Å². The minimum atomic E-state index is -3.40. The van der Waals surface area contributed by atoms with Crippen molar-refractivity contribution in [1.82, 2.24) is 34.7 Å². The fraction of sp³-hybridized carbons (Fsp3) is 0.188. The predicted molar refractivity (Wildman–Crippen MR) is 95.1 cm³/mol. The molecule has 0 unspecified atom stereocenters. The van der Waals surface area contributed by atoms with Crippen LogP contribution in [0.15, 0.2) is 47.5 Å². The predicted octanol–water partition coefficient (Wildman–Crippen LogP) is 0.926. The van der Waals surface area contributed by atoms with Gasteiger partial charge < -0.3 is 4.74 Å². The van der Waals surface area contributed by atoms with Crippen LogP contribution in [0.1, 0.15) is 5.69 Å². The van der Waals surface area contributed by atoms with Crippen LogP contribution in [-0.4, -0.2) is 49.4 Å². The number of fused-ring (bicyclic) bond motifs is 1. The van der Waals surface area contributed by atoms with E-state index in [1.54, 1.807) is 23.7 Å². The molecular weight excluding hydrogens is 370 g/mol. The highest BCUT2D eigenvalue weighted by molar-refractivity contribution is 7.90. The molecule has 0 N–H and O–H groups in total. The summed E-state index contributed by atoms with van der Waals surface area (Å²) in [6, 6.07) is 12.5. The first-order chi connectivity index (χ1) is 12.9. The second kappa shape index (κ2) is 6.43. The van der Waals surface area contributed by atoms with E-state index < -0.39 is 9.84 Å². The van der Waals surface area contributed by atoms with Crippen molar-refractivity contribution in [3.8, 4) is 12.0 Å². The third-order valence-electron chi connectivity index (χ3n) is 3.84. The van der Waals surface area contributed by atoms with E-state index in [9.17, 15) is 8.42 Å². The topological polar surface area (TPSA) is 118 Å². The average molecular weight is 385 g/mol. The first-order valence-corrected chi connectivity index (χ1v) is 9.81. The molecular formula is C16H15N7O3S. The van der Waals surface area contributed by atoms with Gasteiger partial charge in [-0.1, -0.05) is 23.3 Å². The molecule has 138 valence electrons. The number of pyridine rings is 1. The minimum Gasteiger partial charge on any atom is -0.458 e. The monoisotopic (exact) mass is 385 g/mol. The number of para-hydroxylation sites is 2. The molecule has 10 nitrogen and oxygen atoms in total. The second-order valence-electron chi connectivity index (χ2n) is 5.85. The van der Waals surface area contributed by atoms with E-state index in [1.807, 2.05) is 24.3 Å². The molecule has 0 aliphatic rings. The Hall–Kier alpha value is -3.34. The van der Waals surface area contributed by atoms with Crippen molar-refractivity contribution in [2.45, 2.75) is 11.6 Å². The molecule has 0 saturated carbocycles. The molecule has 3 heterocycles. The molecule has 4 rings (SSSR count). The van der Waals surface area contributed by atoms with Crippen molar-refractivity contribution in [1.29, 1.82) is 0 Å². The Morgan fingerprint density at radius 3 is 2.63 bits per heavy atom. The maximum Gasteiger partial charge on any atom is 0.305 e. The zero-order valence-electron chi connectivity index (χ0n) is 14.5. The zero-order valence-corrected chi connectivity index (χ0v) is 15.3. The van der Waals surface area contributed by atoms with Crippen LogP contribution in [0.25, 0.3) is 17.0 Å². The van der Waals surface area contributed by atoms with Gasteiger partial charge in [-0.2, -0.15) is 4.98 Å². The number of hydrogen-bond donors (Lipinski definition) is 0. The molecule has 0 saturated heterocycles. The van der Waals surface area contributed by atoms with Crippen molar-refractivity contribution < 1.29 is 13.2 Å². The lowest BCUT2D eigenvalue weighted by Crippen LogP contribution is -2.09. The summed E-state index contributed by atoms with van der Waals surface area (Å²) in [4.78, 5) is 8.61. The Bertz CT molecular complexity index is 1230. The molecule has 0 atom stereocenters. The van der Waals surface area contributed by atoms with Gasteiger partial charge >= 0.3 is 6.01 Å². The molecule has 0 amide bonds. The number of tetrazole rings is 1. The van der Waals surface area contributed by atoms with Gasteiger partial charge in [0.2, 0.25) is 0 Å². The van der Waals surface area contributed by atoms with Gasteiger partial charge in [-0.3, -0.25) is 0 Å². The molecule has 11 heteroatoms. The molecule has 0 spiro atoms. The van der Waals surface area contributed by atoms with Gasteiger partial charge in [0.1, 0.15) is 6.61 Å². The summed E-state index contributed by atoms with van der Waals surface area (Å²) >= 11 is 0. The van der Waals surface area contributed by atoms with Gasteiger partial charge in [0.05, 0.1) is 16.7 Å². The van der Waals surface area contributed by atoms with Crippen molar-refractivity contribution in [3.05, 3.63) is 48.2 Å². The van der Waals surface area contributed by atoms with Gasteiger partial charge in [-0.05, 0) is 34.7 Å². The van der Waals surface area contributed by atoms with Crippen LogP contribution in [-0.2, 0) is 23.5 Å². The fourth-order valence-corrected chi connectivity index (χ4v) is 3.20. The van der Waals surface area contributed by atoms with Crippen LogP contribution >= 0.6 is 0 Å². The highest BCUT2D eigenvalue weighted by Gasteiger charge is 2.18. The third kappa shape index (κ3) is 3.24. The summed E-state index contributed by atoms with van der Waals surface area (Å²) in [6.07, 6.45) is 1.11. The Morgan fingerprint density at radius 2 is 1.89 bits per heavy atom. The Morgan fingerprint density at radius 1 is 1.07 bits per heavy atom. The van der Waals surface area contributed by atoms with E-state index in [-0.39, 0.29) is 17.6 Å². The molecule has 1 aromatic carbocycles. The lowest BCUT2D eigenvalue weighted by atomic mass is 10.3. The average Bonchev–Trinajstić information content (AvgIpc) is 3.22. The number of sulfone groups is 1. The number of rotatable bonds is 5. The Kier molecular flexibility index (Phi) is 4.07. The number of nitrogens with zero attached hydrogens (tertiary/aromatic N) is 7. The Labute approximate surface area is 154 Å². The number of aromatic nitrogens is 7. The smallest absolute Gasteiger partial charge is 0.305 e. The lowest BCUT2D eigenvalue weighted by Gasteiger charge is -2.08. The Balaban J connectivity index is 1.72. The number of hydrogen-bond acceptors (Lipinski definition) is 8. The first-order valence-electron chi connectivity index (χ1n) is 7.92. The standard InChI is InChI=1S/C16H15N7O3S/c1-22-15(19-20-21-22)23-13-8-4-3-7-12(13)18-16(23)26-10-11-6-5-9-14(17-11)27(2,24)25/h3-9H,10H2,1-2H3. The normalized spacial score (nSPS) is 11.8.